The van der Waals surface area contributed by atoms with E-state index in [1.165, 1.54) is 5.56 Å². The summed E-state index contributed by atoms with van der Waals surface area (Å²) in [6, 6.07) is 16.3. The Morgan fingerprint density at radius 2 is 1.85 bits per heavy atom. The summed E-state index contributed by atoms with van der Waals surface area (Å²) < 4.78 is 0. The van der Waals surface area contributed by atoms with Crippen LogP contribution in [0, 0.1) is 0 Å². The molecular weight excluding hydrogens is 268 g/mol. The van der Waals surface area contributed by atoms with Gasteiger partial charge in [-0.25, -0.2) is 0 Å². The highest BCUT2D eigenvalue weighted by molar-refractivity contribution is 6.31. The first-order chi connectivity index (χ1) is 9.65. The second-order valence-electron chi connectivity index (χ2n) is 5.18. The van der Waals surface area contributed by atoms with Crippen LogP contribution in [0.15, 0.2) is 48.5 Å². The maximum atomic E-state index is 6.20. The van der Waals surface area contributed by atoms with Crippen LogP contribution in [0.25, 0.3) is 0 Å². The summed E-state index contributed by atoms with van der Waals surface area (Å²) in [4.78, 5) is 2.29. The second kappa shape index (κ2) is 7.32. The molecule has 0 aliphatic heterocycles. The van der Waals surface area contributed by atoms with Crippen LogP contribution < -0.4 is 5.73 Å². The van der Waals surface area contributed by atoms with E-state index in [2.05, 4.69) is 42.3 Å². The number of nitrogens with zero attached hydrogens (tertiary/aromatic N) is 1. The fraction of sp³-hybridized carbons (Fsp3) is 0.294. The molecule has 0 spiro atoms. The Bertz CT molecular complexity index is 540. The summed E-state index contributed by atoms with van der Waals surface area (Å²) in [5, 5.41) is 0.750. The molecule has 0 heterocycles. The summed E-state index contributed by atoms with van der Waals surface area (Å²) in [6.07, 6.45) is 2.26. The van der Waals surface area contributed by atoms with Crippen LogP contribution in [-0.2, 0) is 13.0 Å². The van der Waals surface area contributed by atoms with Crippen molar-refractivity contribution < 1.29 is 0 Å². The molecule has 0 saturated carbocycles. The lowest BCUT2D eigenvalue weighted by Crippen LogP contribution is -2.19. The molecular formula is C17H21ClN2. The average Bonchev–Trinajstić information content (AvgIpc) is 2.43. The van der Waals surface area contributed by atoms with Gasteiger partial charge in [0.2, 0.25) is 0 Å². The molecule has 0 unspecified atom stereocenters. The summed E-state index contributed by atoms with van der Waals surface area (Å²) >= 11 is 6.20. The molecule has 2 aromatic carbocycles. The van der Waals surface area contributed by atoms with E-state index in [9.17, 15) is 0 Å². The van der Waals surface area contributed by atoms with Gasteiger partial charge in [0.1, 0.15) is 0 Å². The van der Waals surface area contributed by atoms with Gasteiger partial charge < -0.3 is 10.6 Å². The summed E-state index contributed by atoms with van der Waals surface area (Å²) in [7, 11) is 2.12. The van der Waals surface area contributed by atoms with E-state index in [1.807, 2.05) is 18.2 Å². The van der Waals surface area contributed by atoms with Crippen molar-refractivity contribution >= 4 is 17.3 Å². The highest BCUT2D eigenvalue weighted by atomic mass is 35.5. The number of aryl methyl sites for hydroxylation is 1. The highest BCUT2D eigenvalue weighted by Gasteiger charge is 2.05. The van der Waals surface area contributed by atoms with Crippen LogP contribution in [0.5, 0.6) is 0 Å². The zero-order valence-electron chi connectivity index (χ0n) is 11.8. The molecule has 0 aromatic heterocycles. The van der Waals surface area contributed by atoms with Crippen molar-refractivity contribution in [3.63, 3.8) is 0 Å². The number of nitrogen functional groups attached to an aromatic ring is 1. The summed E-state index contributed by atoms with van der Waals surface area (Å²) in [5.74, 6) is 0. The van der Waals surface area contributed by atoms with Gasteiger partial charge in [-0.05, 0) is 49.7 Å². The number of rotatable bonds is 6. The van der Waals surface area contributed by atoms with Gasteiger partial charge in [-0.1, -0.05) is 48.0 Å². The molecule has 0 atom stereocenters. The number of halogens is 1. The van der Waals surface area contributed by atoms with Gasteiger partial charge in [0.05, 0.1) is 0 Å². The first kappa shape index (κ1) is 14.9. The normalized spacial score (nSPS) is 10.9. The average molecular weight is 289 g/mol. The monoisotopic (exact) mass is 288 g/mol. The van der Waals surface area contributed by atoms with Crippen LogP contribution in [0.2, 0.25) is 5.02 Å². The van der Waals surface area contributed by atoms with Gasteiger partial charge in [-0.2, -0.15) is 0 Å². The second-order valence-corrected chi connectivity index (χ2v) is 5.58. The Morgan fingerprint density at radius 1 is 1.10 bits per heavy atom. The van der Waals surface area contributed by atoms with Crippen molar-refractivity contribution in [1.82, 2.24) is 4.90 Å². The lowest BCUT2D eigenvalue weighted by Gasteiger charge is -2.17. The Kier molecular flexibility index (Phi) is 5.45. The third-order valence-corrected chi connectivity index (χ3v) is 3.72. The van der Waals surface area contributed by atoms with E-state index in [4.69, 9.17) is 17.3 Å². The fourth-order valence-electron chi connectivity index (χ4n) is 2.26. The van der Waals surface area contributed by atoms with Gasteiger partial charge in [0.25, 0.3) is 0 Å². The first-order valence-corrected chi connectivity index (χ1v) is 7.29. The maximum absolute atomic E-state index is 6.20. The van der Waals surface area contributed by atoms with Crippen LogP contribution in [0.4, 0.5) is 5.69 Å². The molecule has 0 fully saturated rings. The third kappa shape index (κ3) is 4.55. The number of hydrogen-bond donors (Lipinski definition) is 1. The predicted octanol–water partition coefficient (Wildman–Crippen LogP) is 3.99. The minimum atomic E-state index is 0.713. The van der Waals surface area contributed by atoms with Gasteiger partial charge in [0.15, 0.2) is 0 Å². The minimum Gasteiger partial charge on any atom is -0.399 e. The van der Waals surface area contributed by atoms with Crippen molar-refractivity contribution in [2.45, 2.75) is 19.4 Å². The molecule has 106 valence electrons. The zero-order valence-corrected chi connectivity index (χ0v) is 12.6. The molecule has 2 nitrogen and oxygen atoms in total. The minimum absolute atomic E-state index is 0.713. The van der Waals surface area contributed by atoms with E-state index < -0.39 is 0 Å². The SMILES string of the molecule is CN(CCCc1ccccc1)Cc1ccc(N)cc1Cl. The standard InChI is InChI=1S/C17H21ClN2/c1-20(11-5-8-14-6-3-2-4-7-14)13-15-9-10-16(19)12-17(15)18/h2-4,6-7,9-10,12H,5,8,11,13,19H2,1H3. The first-order valence-electron chi connectivity index (χ1n) is 6.91. The van der Waals surface area contributed by atoms with Crippen molar-refractivity contribution in [3.05, 3.63) is 64.7 Å². The van der Waals surface area contributed by atoms with Crippen molar-refractivity contribution in [2.24, 2.45) is 0 Å². The number of anilines is 1. The molecule has 2 aromatic rings. The lowest BCUT2D eigenvalue weighted by molar-refractivity contribution is 0.322. The number of hydrogen-bond acceptors (Lipinski definition) is 2. The quantitative estimate of drug-likeness (QED) is 0.815. The van der Waals surface area contributed by atoms with Gasteiger partial charge in [0, 0.05) is 17.3 Å². The Hall–Kier alpha value is -1.51. The summed E-state index contributed by atoms with van der Waals surface area (Å²) in [6.45, 7) is 1.91. The molecule has 0 bridgehead atoms. The molecule has 3 heteroatoms. The molecule has 0 radical (unpaired) electrons. The topological polar surface area (TPSA) is 29.3 Å². The van der Waals surface area contributed by atoms with Crippen molar-refractivity contribution in [3.8, 4) is 0 Å². The van der Waals surface area contributed by atoms with Gasteiger partial charge >= 0.3 is 0 Å². The van der Waals surface area contributed by atoms with Crippen LogP contribution in [-0.4, -0.2) is 18.5 Å². The van der Waals surface area contributed by atoms with E-state index in [0.29, 0.717) is 5.69 Å². The Labute approximate surface area is 126 Å². The third-order valence-electron chi connectivity index (χ3n) is 3.37. The van der Waals surface area contributed by atoms with Crippen LogP contribution >= 0.6 is 11.6 Å². The van der Waals surface area contributed by atoms with Crippen LogP contribution in [0.3, 0.4) is 0 Å². The van der Waals surface area contributed by atoms with E-state index in [0.717, 1.165) is 36.5 Å². The number of nitrogens with two attached hydrogens (primary N) is 1. The van der Waals surface area contributed by atoms with Gasteiger partial charge in [-0.3, -0.25) is 0 Å². The molecule has 20 heavy (non-hydrogen) atoms. The molecule has 0 aliphatic rings. The predicted molar refractivity (Wildman–Crippen MR) is 87.0 cm³/mol. The largest absolute Gasteiger partial charge is 0.399 e. The molecule has 2 N–H and O–H groups in total. The van der Waals surface area contributed by atoms with E-state index in [1.54, 1.807) is 0 Å². The fourth-order valence-corrected chi connectivity index (χ4v) is 2.51. The van der Waals surface area contributed by atoms with E-state index in [-0.39, 0.29) is 0 Å². The molecule has 0 aliphatic carbocycles. The van der Waals surface area contributed by atoms with Gasteiger partial charge in [-0.15, -0.1) is 0 Å². The Balaban J connectivity index is 1.79. The van der Waals surface area contributed by atoms with E-state index >= 15 is 0 Å². The molecule has 0 amide bonds. The van der Waals surface area contributed by atoms with Crippen molar-refractivity contribution in [2.75, 3.05) is 19.3 Å². The summed E-state index contributed by atoms with van der Waals surface area (Å²) in [5.41, 5.74) is 8.94. The zero-order chi connectivity index (χ0) is 14.4. The molecule has 2 rings (SSSR count). The maximum Gasteiger partial charge on any atom is 0.0471 e. The van der Waals surface area contributed by atoms with Crippen molar-refractivity contribution in [1.29, 1.82) is 0 Å². The Morgan fingerprint density at radius 3 is 2.55 bits per heavy atom. The smallest absolute Gasteiger partial charge is 0.0471 e. The highest BCUT2D eigenvalue weighted by Crippen LogP contribution is 2.20. The number of benzene rings is 2. The lowest BCUT2D eigenvalue weighted by atomic mass is 10.1. The molecule has 0 saturated heterocycles. The van der Waals surface area contributed by atoms with Crippen LogP contribution in [0.1, 0.15) is 17.5 Å².